The Morgan fingerprint density at radius 1 is 1.10 bits per heavy atom. The van der Waals surface area contributed by atoms with Crippen LogP contribution in [0, 0.1) is 6.92 Å². The first-order valence-electron chi connectivity index (χ1n) is 9.33. The zero-order chi connectivity index (χ0) is 21.0. The van der Waals surface area contributed by atoms with Crippen LogP contribution >= 0.6 is 0 Å². The fraction of sp³-hybridized carbons (Fsp3) is 0.273. The molecule has 1 heterocycles. The highest BCUT2D eigenvalue weighted by Gasteiger charge is 2.19. The van der Waals surface area contributed by atoms with Crippen LogP contribution in [0.15, 0.2) is 53.3 Å². The van der Waals surface area contributed by atoms with Crippen molar-refractivity contribution >= 4 is 22.6 Å². The molecule has 3 aromatic rings. The number of nitrogens with zero attached hydrogens (tertiary/aromatic N) is 2. The second kappa shape index (κ2) is 8.68. The maximum atomic E-state index is 12.3. The van der Waals surface area contributed by atoms with E-state index >= 15 is 0 Å². The fourth-order valence-corrected chi connectivity index (χ4v) is 2.97. The molecule has 1 N–H and O–H groups in total. The molecule has 150 valence electrons. The van der Waals surface area contributed by atoms with Crippen molar-refractivity contribution in [2.75, 3.05) is 0 Å². The van der Waals surface area contributed by atoms with Crippen molar-refractivity contribution in [2.45, 2.75) is 32.9 Å². The molecule has 3 rings (SSSR count). The zero-order valence-corrected chi connectivity index (χ0v) is 16.6. The van der Waals surface area contributed by atoms with Gasteiger partial charge in [0.2, 0.25) is 0 Å². The summed E-state index contributed by atoms with van der Waals surface area (Å²) in [7, 11) is 1.53. The number of carbonyl (C=O) groups is 2. The van der Waals surface area contributed by atoms with E-state index in [1.54, 1.807) is 24.3 Å². The van der Waals surface area contributed by atoms with Crippen LogP contribution in [0.25, 0.3) is 10.8 Å². The van der Waals surface area contributed by atoms with Gasteiger partial charge in [0.05, 0.1) is 17.5 Å². The van der Waals surface area contributed by atoms with E-state index in [1.165, 1.54) is 18.7 Å². The van der Waals surface area contributed by atoms with Crippen LogP contribution in [0.1, 0.15) is 23.7 Å². The van der Waals surface area contributed by atoms with Crippen molar-refractivity contribution in [1.82, 2.24) is 15.1 Å². The van der Waals surface area contributed by atoms with E-state index in [1.807, 2.05) is 31.2 Å². The van der Waals surface area contributed by atoms with Crippen LogP contribution in [0.2, 0.25) is 0 Å². The molecular weight excluding hydrogens is 370 g/mol. The molecule has 0 saturated heterocycles. The molecule has 0 aliphatic carbocycles. The Balaban J connectivity index is 1.62. The minimum absolute atomic E-state index is 0.135. The molecule has 1 unspecified atom stereocenters. The molecule has 7 heteroatoms. The van der Waals surface area contributed by atoms with Gasteiger partial charge in [-0.15, -0.1) is 0 Å². The largest absolute Gasteiger partial charge is 0.452 e. The van der Waals surface area contributed by atoms with Crippen LogP contribution in [0.3, 0.4) is 0 Å². The third kappa shape index (κ3) is 4.87. The van der Waals surface area contributed by atoms with Crippen LogP contribution in [-0.4, -0.2) is 27.8 Å². The molecule has 0 fully saturated rings. The summed E-state index contributed by atoms with van der Waals surface area (Å²) in [5.41, 5.74) is 2.30. The number of carbonyl (C=O) groups excluding carboxylic acids is 2. The number of aromatic nitrogens is 2. The van der Waals surface area contributed by atoms with E-state index in [-0.39, 0.29) is 17.9 Å². The summed E-state index contributed by atoms with van der Waals surface area (Å²) in [5.74, 6) is -0.962. The number of hydrogen-bond donors (Lipinski definition) is 1. The Morgan fingerprint density at radius 2 is 1.76 bits per heavy atom. The number of rotatable bonds is 6. The molecule has 0 saturated carbocycles. The van der Waals surface area contributed by atoms with E-state index in [9.17, 15) is 14.4 Å². The number of fused-ring (bicyclic) bond motifs is 1. The van der Waals surface area contributed by atoms with Gasteiger partial charge in [0, 0.05) is 19.0 Å². The summed E-state index contributed by atoms with van der Waals surface area (Å²) in [6, 6.07) is 14.8. The van der Waals surface area contributed by atoms with Crippen molar-refractivity contribution in [3.8, 4) is 0 Å². The lowest BCUT2D eigenvalue weighted by Gasteiger charge is -2.14. The standard InChI is InChI=1S/C22H23N3O4/c1-14-8-10-16(11-9-14)13-23-21(27)15(2)29-20(26)12-19-17-6-4-5-7-18(17)22(28)25(3)24-19/h4-11,15H,12-13H2,1-3H3,(H,23,27). The maximum absolute atomic E-state index is 12.3. The highest BCUT2D eigenvalue weighted by Crippen LogP contribution is 2.14. The van der Waals surface area contributed by atoms with Gasteiger partial charge in [0.25, 0.3) is 11.5 Å². The number of nitrogens with one attached hydrogen (secondary N) is 1. The van der Waals surface area contributed by atoms with Crippen LogP contribution in [0.5, 0.6) is 0 Å². The summed E-state index contributed by atoms with van der Waals surface area (Å²) >= 11 is 0. The van der Waals surface area contributed by atoms with E-state index in [4.69, 9.17) is 4.74 Å². The van der Waals surface area contributed by atoms with Crippen molar-refractivity contribution in [1.29, 1.82) is 0 Å². The van der Waals surface area contributed by atoms with Crippen molar-refractivity contribution in [2.24, 2.45) is 7.05 Å². The van der Waals surface area contributed by atoms with Crippen molar-refractivity contribution in [3.63, 3.8) is 0 Å². The van der Waals surface area contributed by atoms with Gasteiger partial charge in [-0.25, -0.2) is 4.68 Å². The summed E-state index contributed by atoms with van der Waals surface area (Å²) in [4.78, 5) is 36.8. The monoisotopic (exact) mass is 393 g/mol. The predicted molar refractivity (Wildman–Crippen MR) is 109 cm³/mol. The van der Waals surface area contributed by atoms with Crippen LogP contribution in [-0.2, 0) is 34.3 Å². The van der Waals surface area contributed by atoms with Crippen molar-refractivity contribution in [3.05, 3.63) is 75.7 Å². The first-order valence-corrected chi connectivity index (χ1v) is 9.33. The highest BCUT2D eigenvalue weighted by atomic mass is 16.5. The fourth-order valence-electron chi connectivity index (χ4n) is 2.97. The Hall–Kier alpha value is -3.48. The minimum atomic E-state index is -0.938. The molecule has 1 aromatic heterocycles. The number of hydrogen-bond acceptors (Lipinski definition) is 5. The minimum Gasteiger partial charge on any atom is -0.452 e. The second-order valence-electron chi connectivity index (χ2n) is 6.93. The summed E-state index contributed by atoms with van der Waals surface area (Å²) in [5, 5.41) is 8.02. The lowest BCUT2D eigenvalue weighted by Crippen LogP contribution is -2.36. The lowest BCUT2D eigenvalue weighted by atomic mass is 10.1. The Kier molecular flexibility index (Phi) is 6.07. The first-order chi connectivity index (χ1) is 13.8. The zero-order valence-electron chi connectivity index (χ0n) is 16.6. The van der Waals surface area contributed by atoms with E-state index in [0.29, 0.717) is 23.0 Å². The number of ether oxygens (including phenoxy) is 1. The molecule has 0 spiro atoms. The van der Waals surface area contributed by atoms with Crippen molar-refractivity contribution < 1.29 is 14.3 Å². The smallest absolute Gasteiger partial charge is 0.312 e. The van der Waals surface area contributed by atoms with E-state index < -0.39 is 12.1 Å². The van der Waals surface area contributed by atoms with E-state index in [2.05, 4.69) is 10.4 Å². The van der Waals surface area contributed by atoms with Gasteiger partial charge in [0.15, 0.2) is 6.10 Å². The first kappa shape index (κ1) is 20.3. The summed E-state index contributed by atoms with van der Waals surface area (Å²) < 4.78 is 6.46. The summed E-state index contributed by atoms with van der Waals surface area (Å²) in [6.45, 7) is 3.87. The maximum Gasteiger partial charge on any atom is 0.312 e. The average molecular weight is 393 g/mol. The normalized spacial score (nSPS) is 11.8. The SMILES string of the molecule is Cc1ccc(CNC(=O)C(C)OC(=O)Cc2nn(C)c(=O)c3ccccc23)cc1. The molecule has 0 aliphatic rings. The number of aryl methyl sites for hydroxylation is 2. The Morgan fingerprint density at radius 3 is 2.45 bits per heavy atom. The quantitative estimate of drug-likeness (QED) is 0.647. The summed E-state index contributed by atoms with van der Waals surface area (Å²) in [6.07, 6.45) is -1.07. The molecule has 0 bridgehead atoms. The topological polar surface area (TPSA) is 90.3 Å². The molecule has 7 nitrogen and oxygen atoms in total. The number of benzene rings is 2. The van der Waals surface area contributed by atoms with Gasteiger partial charge in [0.1, 0.15) is 0 Å². The van der Waals surface area contributed by atoms with Crippen LogP contribution in [0.4, 0.5) is 0 Å². The van der Waals surface area contributed by atoms with Gasteiger partial charge in [-0.2, -0.15) is 5.10 Å². The second-order valence-corrected chi connectivity index (χ2v) is 6.93. The molecule has 29 heavy (non-hydrogen) atoms. The molecule has 0 radical (unpaired) electrons. The Bertz CT molecular complexity index is 1100. The highest BCUT2D eigenvalue weighted by molar-refractivity contribution is 5.88. The third-order valence-corrected chi connectivity index (χ3v) is 4.61. The molecule has 0 aliphatic heterocycles. The van der Waals surface area contributed by atoms with Gasteiger partial charge < -0.3 is 10.1 Å². The number of amides is 1. The average Bonchev–Trinajstić information content (AvgIpc) is 2.71. The molecule has 1 amide bonds. The van der Waals surface area contributed by atoms with Gasteiger partial charge in [-0.3, -0.25) is 14.4 Å². The third-order valence-electron chi connectivity index (χ3n) is 4.61. The molecule has 2 aromatic carbocycles. The van der Waals surface area contributed by atoms with Crippen LogP contribution < -0.4 is 10.9 Å². The molecular formula is C22H23N3O4. The Labute approximate surface area is 168 Å². The molecule has 1 atom stereocenters. The number of esters is 1. The van der Waals surface area contributed by atoms with Gasteiger partial charge in [-0.05, 0) is 25.5 Å². The predicted octanol–water partition coefficient (Wildman–Crippen LogP) is 2.03. The van der Waals surface area contributed by atoms with Gasteiger partial charge in [-0.1, -0.05) is 48.0 Å². The van der Waals surface area contributed by atoms with Gasteiger partial charge >= 0.3 is 5.97 Å². The van der Waals surface area contributed by atoms with E-state index in [0.717, 1.165) is 11.1 Å². The lowest BCUT2D eigenvalue weighted by molar-refractivity contribution is -0.154.